The molecule has 0 aromatic rings. The van der Waals surface area contributed by atoms with Crippen molar-refractivity contribution in [3.63, 3.8) is 0 Å². The van der Waals surface area contributed by atoms with Gasteiger partial charge in [0, 0.05) is 12.0 Å². The molecule has 1 spiro atoms. The van der Waals surface area contributed by atoms with Gasteiger partial charge in [0.2, 0.25) is 0 Å². The van der Waals surface area contributed by atoms with Crippen LogP contribution in [0.15, 0.2) is 23.3 Å². The lowest BCUT2D eigenvalue weighted by Gasteiger charge is -2.52. The summed E-state index contributed by atoms with van der Waals surface area (Å²) in [6.07, 6.45) is 7.48. The number of hydrogen-bond donors (Lipinski definition) is 2. The molecular weight excluding hydrogens is 470 g/mol. The Hall–Kier alpha value is -1.70. The van der Waals surface area contributed by atoms with Gasteiger partial charge in [0.25, 0.3) is 0 Å². The van der Waals surface area contributed by atoms with Gasteiger partial charge in [-0.05, 0) is 68.4 Å². The normalized spacial score (nSPS) is 42.9. The molecule has 7 atom stereocenters. The van der Waals surface area contributed by atoms with E-state index in [1.807, 2.05) is 32.9 Å². The molecule has 2 saturated carbocycles. The second-order valence-corrected chi connectivity index (χ2v) is 13.5. The fourth-order valence-corrected chi connectivity index (χ4v) is 7.92. The van der Waals surface area contributed by atoms with E-state index in [2.05, 4.69) is 33.0 Å². The molecule has 0 aromatic carbocycles. The van der Waals surface area contributed by atoms with E-state index in [9.17, 15) is 14.7 Å². The molecule has 4 aliphatic carbocycles. The van der Waals surface area contributed by atoms with Crippen LogP contribution in [0.25, 0.3) is 0 Å². The third-order valence-electron chi connectivity index (χ3n) is 10.4. The summed E-state index contributed by atoms with van der Waals surface area (Å²) in [4.78, 5) is 27.9. The van der Waals surface area contributed by atoms with Gasteiger partial charge in [0.05, 0.1) is 12.0 Å². The van der Waals surface area contributed by atoms with Crippen LogP contribution >= 0.6 is 0 Å². The number of rotatable bonds is 2. The molecule has 206 valence electrons. The quantitative estimate of drug-likeness (QED) is 0.499. The number of nitrogens with one attached hydrogen (secondary N) is 1. The Morgan fingerprint density at radius 2 is 1.78 bits per heavy atom. The number of allylic oxidation sites excluding steroid dienone is 1. The number of hydrogen-bond acceptors (Lipinski definition) is 6. The number of ketones is 1. The summed E-state index contributed by atoms with van der Waals surface area (Å²) in [5.41, 5.74) is -1.93. The van der Waals surface area contributed by atoms with Gasteiger partial charge in [-0.2, -0.15) is 0 Å². The van der Waals surface area contributed by atoms with Crippen molar-refractivity contribution < 1.29 is 28.9 Å². The smallest absolute Gasteiger partial charge is 0.408 e. The first-order chi connectivity index (χ1) is 17.2. The number of carbonyl (C=O) groups excluding carboxylic acids is 2. The molecule has 1 heterocycles. The summed E-state index contributed by atoms with van der Waals surface area (Å²) >= 11 is 0. The largest absolute Gasteiger partial charge is 0.438 e. The van der Waals surface area contributed by atoms with Crippen LogP contribution in [0.3, 0.4) is 0 Å². The molecule has 1 saturated heterocycles. The van der Waals surface area contributed by atoms with E-state index in [0.29, 0.717) is 5.57 Å². The maximum atomic E-state index is 14.7. The molecule has 2 unspecified atom stereocenters. The van der Waals surface area contributed by atoms with Crippen LogP contribution < -0.4 is 5.32 Å². The summed E-state index contributed by atoms with van der Waals surface area (Å²) in [7, 11) is 0. The van der Waals surface area contributed by atoms with Crippen molar-refractivity contribution in [1.29, 1.82) is 0 Å². The molecule has 7 heteroatoms. The minimum Gasteiger partial charge on any atom is -0.438 e. The van der Waals surface area contributed by atoms with E-state index < -0.39 is 41.0 Å². The number of amides is 1. The van der Waals surface area contributed by atoms with Crippen LogP contribution in [0.2, 0.25) is 0 Å². The van der Waals surface area contributed by atoms with Crippen LogP contribution in [-0.2, 0) is 19.0 Å². The molecule has 0 radical (unpaired) electrons. The summed E-state index contributed by atoms with van der Waals surface area (Å²) in [5, 5.41) is 16.1. The average Bonchev–Trinajstić information content (AvgIpc) is 2.98. The second-order valence-electron chi connectivity index (χ2n) is 13.5. The van der Waals surface area contributed by atoms with Gasteiger partial charge in [-0.15, -0.1) is 0 Å². The van der Waals surface area contributed by atoms with Crippen LogP contribution in [0.5, 0.6) is 0 Å². The van der Waals surface area contributed by atoms with E-state index in [0.717, 1.165) is 37.7 Å². The Kier molecular flexibility index (Phi) is 6.48. The molecule has 1 aliphatic heterocycles. The fourth-order valence-electron chi connectivity index (χ4n) is 7.92. The SMILES string of the molecule is CC1=CC23C(=O)[C@@H](C=C4COC(C)(C)O[C@H]4[C@]2(O)[C@H]1OC(=O)NC1CCCCC1)C(C)(C)[C@@H](C)CC3C. The number of Topliss-reactive ketones (excluding diaryl/α,β-unsaturated/α-hetero) is 1. The summed E-state index contributed by atoms with van der Waals surface area (Å²) in [5.74, 6) is -1.35. The third-order valence-corrected chi connectivity index (χ3v) is 10.4. The Balaban J connectivity index is 1.62. The average molecular weight is 516 g/mol. The van der Waals surface area contributed by atoms with Gasteiger partial charge in [0.1, 0.15) is 6.10 Å². The van der Waals surface area contributed by atoms with E-state index in [1.54, 1.807) is 0 Å². The highest BCUT2D eigenvalue weighted by atomic mass is 16.7. The standard InChI is InChI=1S/C30H45NO6/c1-17-15-29-19(3)13-18(2)27(4,5)22(23(29)32)14-20-16-35-28(6,7)37-25(20)30(29,34)24(17)36-26(33)31-21-11-9-8-10-12-21/h14-15,18-19,21-22,24-25,34H,8-13,16H2,1-7H3,(H,31,33)/t18-,19?,22+,24-,25+,29?,30+/m0/s1. The van der Waals surface area contributed by atoms with Crippen molar-refractivity contribution >= 4 is 11.9 Å². The summed E-state index contributed by atoms with van der Waals surface area (Å²) < 4.78 is 18.6. The Morgan fingerprint density at radius 1 is 1.11 bits per heavy atom. The highest BCUT2D eigenvalue weighted by Crippen LogP contribution is 2.63. The molecule has 2 bridgehead atoms. The van der Waals surface area contributed by atoms with E-state index in [-0.39, 0.29) is 35.7 Å². The predicted octanol–water partition coefficient (Wildman–Crippen LogP) is 5.07. The third kappa shape index (κ3) is 3.94. The van der Waals surface area contributed by atoms with Crippen molar-refractivity contribution in [2.24, 2.45) is 28.6 Å². The highest BCUT2D eigenvalue weighted by molar-refractivity contribution is 5.95. The summed E-state index contributed by atoms with van der Waals surface area (Å²) in [6.45, 7) is 14.3. The first-order valence-corrected chi connectivity index (χ1v) is 14.2. The highest BCUT2D eigenvalue weighted by Gasteiger charge is 2.74. The van der Waals surface area contributed by atoms with Crippen molar-refractivity contribution in [2.45, 2.75) is 117 Å². The maximum absolute atomic E-state index is 14.7. The van der Waals surface area contributed by atoms with Crippen LogP contribution in [0, 0.1) is 28.6 Å². The lowest BCUT2D eigenvalue weighted by atomic mass is 9.59. The minimum absolute atomic E-state index is 0.0155. The predicted molar refractivity (Wildman–Crippen MR) is 140 cm³/mol. The zero-order valence-corrected chi connectivity index (χ0v) is 23.6. The van der Waals surface area contributed by atoms with Crippen LogP contribution in [0.1, 0.15) is 87.0 Å². The van der Waals surface area contributed by atoms with Crippen molar-refractivity contribution in [3.05, 3.63) is 23.3 Å². The van der Waals surface area contributed by atoms with Gasteiger partial charge in [-0.1, -0.05) is 59.1 Å². The molecule has 5 rings (SSSR count). The molecule has 7 nitrogen and oxygen atoms in total. The number of alkyl carbamates (subject to hydrolysis) is 1. The Bertz CT molecular complexity index is 1020. The zero-order valence-electron chi connectivity index (χ0n) is 23.6. The Morgan fingerprint density at radius 3 is 2.46 bits per heavy atom. The summed E-state index contributed by atoms with van der Waals surface area (Å²) in [6, 6.07) is 0.0721. The van der Waals surface area contributed by atoms with E-state index in [4.69, 9.17) is 14.2 Å². The monoisotopic (exact) mass is 515 g/mol. The number of aliphatic hydroxyl groups is 1. The topological polar surface area (TPSA) is 94.1 Å². The minimum atomic E-state index is -1.79. The second kappa shape index (κ2) is 8.92. The first kappa shape index (κ1) is 26.9. The molecule has 2 N–H and O–H groups in total. The molecule has 3 fully saturated rings. The Labute approximate surface area is 221 Å². The lowest BCUT2D eigenvalue weighted by molar-refractivity contribution is -0.302. The lowest BCUT2D eigenvalue weighted by Crippen LogP contribution is -2.68. The van der Waals surface area contributed by atoms with E-state index in [1.165, 1.54) is 6.42 Å². The first-order valence-electron chi connectivity index (χ1n) is 14.2. The van der Waals surface area contributed by atoms with Crippen molar-refractivity contribution in [1.82, 2.24) is 5.32 Å². The van der Waals surface area contributed by atoms with Gasteiger partial charge in [-0.25, -0.2) is 4.79 Å². The molecule has 37 heavy (non-hydrogen) atoms. The fraction of sp³-hybridized carbons (Fsp3) is 0.800. The molecule has 0 aromatic heterocycles. The van der Waals surface area contributed by atoms with Gasteiger partial charge in [-0.3, -0.25) is 4.79 Å². The van der Waals surface area contributed by atoms with Crippen molar-refractivity contribution in [2.75, 3.05) is 6.61 Å². The van der Waals surface area contributed by atoms with Gasteiger partial charge < -0.3 is 24.6 Å². The van der Waals surface area contributed by atoms with Crippen LogP contribution in [-0.4, -0.2) is 53.2 Å². The van der Waals surface area contributed by atoms with Crippen molar-refractivity contribution in [3.8, 4) is 0 Å². The number of carbonyl (C=O) groups is 2. The van der Waals surface area contributed by atoms with Crippen LogP contribution in [0.4, 0.5) is 4.79 Å². The number of fused-ring (bicyclic) bond motifs is 3. The number of ether oxygens (including phenoxy) is 3. The van der Waals surface area contributed by atoms with Gasteiger partial charge >= 0.3 is 6.09 Å². The van der Waals surface area contributed by atoms with Gasteiger partial charge in [0.15, 0.2) is 23.3 Å². The molecule has 5 aliphatic rings. The zero-order chi connectivity index (χ0) is 27.0. The molecule has 1 amide bonds. The maximum Gasteiger partial charge on any atom is 0.408 e. The molecular formula is C30H45NO6. The van der Waals surface area contributed by atoms with E-state index >= 15 is 0 Å².